The lowest BCUT2D eigenvalue weighted by molar-refractivity contribution is -0.132. The molecule has 7 heteroatoms. The molecule has 0 bridgehead atoms. The second-order valence-electron chi connectivity index (χ2n) is 7.42. The molecule has 0 N–H and O–H groups in total. The lowest BCUT2D eigenvalue weighted by Crippen LogP contribution is -2.51. The zero-order valence-corrected chi connectivity index (χ0v) is 17.2. The zero-order valence-electron chi connectivity index (χ0n) is 16.4. The fraction of sp³-hybridized carbons (Fsp3) is 0.650. The highest BCUT2D eigenvalue weighted by atomic mass is 32.1. The molecule has 27 heavy (non-hydrogen) atoms. The maximum absolute atomic E-state index is 12.6. The third-order valence-corrected chi connectivity index (χ3v) is 7.12. The minimum Gasteiger partial charge on any atom is -0.352 e. The molecule has 1 saturated heterocycles. The van der Waals surface area contributed by atoms with Gasteiger partial charge in [0.15, 0.2) is 0 Å². The number of rotatable bonds is 5. The standard InChI is InChI=1S/C20H29N5OS/c1-3-23(4-2)13-17(26)24-9-11-25(12-10-24)19-18-15-7-5-6-8-16(15)27-20(18)22-14-21-19/h14H,3-13H2,1-2H3. The van der Waals surface area contributed by atoms with Crippen LogP contribution in [0.3, 0.4) is 0 Å². The van der Waals surface area contributed by atoms with Crippen molar-refractivity contribution in [1.82, 2.24) is 19.8 Å². The van der Waals surface area contributed by atoms with Crippen molar-refractivity contribution in [2.75, 3.05) is 50.7 Å². The number of anilines is 1. The van der Waals surface area contributed by atoms with Gasteiger partial charge in [-0.1, -0.05) is 13.8 Å². The number of fused-ring (bicyclic) bond motifs is 3. The van der Waals surface area contributed by atoms with Gasteiger partial charge in [-0.2, -0.15) is 0 Å². The predicted molar refractivity (Wildman–Crippen MR) is 111 cm³/mol. The van der Waals surface area contributed by atoms with E-state index in [-0.39, 0.29) is 5.91 Å². The molecular weight excluding hydrogens is 358 g/mol. The van der Waals surface area contributed by atoms with E-state index in [9.17, 15) is 4.79 Å². The highest BCUT2D eigenvalue weighted by molar-refractivity contribution is 7.19. The molecule has 0 radical (unpaired) electrons. The molecule has 0 saturated carbocycles. The van der Waals surface area contributed by atoms with Gasteiger partial charge in [-0.3, -0.25) is 9.69 Å². The Balaban J connectivity index is 1.49. The molecule has 1 aliphatic heterocycles. The molecule has 2 aromatic rings. The van der Waals surface area contributed by atoms with Crippen LogP contribution in [0.2, 0.25) is 0 Å². The quantitative estimate of drug-likeness (QED) is 0.789. The minimum absolute atomic E-state index is 0.249. The molecule has 1 fully saturated rings. The third kappa shape index (κ3) is 3.67. The molecule has 6 nitrogen and oxygen atoms in total. The maximum atomic E-state index is 12.6. The molecule has 0 atom stereocenters. The number of hydrogen-bond acceptors (Lipinski definition) is 6. The predicted octanol–water partition coefficient (Wildman–Crippen LogP) is 2.56. The van der Waals surface area contributed by atoms with Gasteiger partial charge in [0.05, 0.1) is 11.9 Å². The van der Waals surface area contributed by atoms with Crippen LogP contribution in [0.1, 0.15) is 37.1 Å². The van der Waals surface area contributed by atoms with Crippen LogP contribution in [0.5, 0.6) is 0 Å². The normalized spacial score (nSPS) is 17.6. The first-order valence-corrected chi connectivity index (χ1v) is 11.0. The van der Waals surface area contributed by atoms with Gasteiger partial charge in [0, 0.05) is 31.1 Å². The zero-order chi connectivity index (χ0) is 18.8. The molecule has 1 aliphatic carbocycles. The Morgan fingerprint density at radius 2 is 1.85 bits per heavy atom. The number of carbonyl (C=O) groups excluding carboxylic acids is 1. The van der Waals surface area contributed by atoms with E-state index in [2.05, 4.69) is 33.6 Å². The number of likely N-dealkylation sites (N-methyl/N-ethyl adjacent to an activating group) is 1. The van der Waals surface area contributed by atoms with Crippen molar-refractivity contribution in [1.29, 1.82) is 0 Å². The first kappa shape index (κ1) is 18.6. The van der Waals surface area contributed by atoms with Crippen LogP contribution < -0.4 is 4.90 Å². The summed E-state index contributed by atoms with van der Waals surface area (Å²) in [7, 11) is 0. The highest BCUT2D eigenvalue weighted by Gasteiger charge is 2.26. The molecular formula is C20H29N5OS. The number of hydrogen-bond donors (Lipinski definition) is 0. The Kier molecular flexibility index (Phi) is 5.59. The smallest absolute Gasteiger partial charge is 0.236 e. The van der Waals surface area contributed by atoms with Crippen LogP contribution in [0.15, 0.2) is 6.33 Å². The van der Waals surface area contributed by atoms with Gasteiger partial charge in [-0.25, -0.2) is 9.97 Å². The first-order valence-electron chi connectivity index (χ1n) is 10.2. The van der Waals surface area contributed by atoms with Gasteiger partial charge in [0.25, 0.3) is 0 Å². The third-order valence-electron chi connectivity index (χ3n) is 5.92. The lowest BCUT2D eigenvalue weighted by Gasteiger charge is -2.36. The van der Waals surface area contributed by atoms with Crippen molar-refractivity contribution in [2.24, 2.45) is 0 Å². The Hall–Kier alpha value is -1.73. The Labute approximate surface area is 165 Å². The van der Waals surface area contributed by atoms with Crippen molar-refractivity contribution >= 4 is 33.3 Å². The summed E-state index contributed by atoms with van der Waals surface area (Å²) in [6.45, 7) is 9.84. The molecule has 0 unspecified atom stereocenters. The van der Waals surface area contributed by atoms with Gasteiger partial charge in [0.2, 0.25) is 5.91 Å². The van der Waals surface area contributed by atoms with Crippen LogP contribution in [-0.4, -0.2) is 71.5 Å². The number of carbonyl (C=O) groups is 1. The van der Waals surface area contributed by atoms with Gasteiger partial charge < -0.3 is 9.80 Å². The second kappa shape index (κ2) is 8.10. The first-order chi connectivity index (χ1) is 13.2. The Morgan fingerprint density at radius 1 is 1.11 bits per heavy atom. The van der Waals surface area contributed by atoms with Crippen LogP contribution in [0.4, 0.5) is 5.82 Å². The summed E-state index contributed by atoms with van der Waals surface area (Å²) < 4.78 is 0. The van der Waals surface area contributed by atoms with E-state index in [0.29, 0.717) is 6.54 Å². The summed E-state index contributed by atoms with van der Waals surface area (Å²) in [5.74, 6) is 1.33. The van der Waals surface area contributed by atoms with Crippen molar-refractivity contribution in [2.45, 2.75) is 39.5 Å². The Bertz CT molecular complexity index is 808. The average molecular weight is 388 g/mol. The van der Waals surface area contributed by atoms with Gasteiger partial charge in [0.1, 0.15) is 17.0 Å². The molecule has 0 aromatic carbocycles. The van der Waals surface area contributed by atoms with E-state index in [1.807, 2.05) is 16.2 Å². The van der Waals surface area contributed by atoms with Crippen molar-refractivity contribution < 1.29 is 4.79 Å². The maximum Gasteiger partial charge on any atom is 0.236 e. The van der Waals surface area contributed by atoms with E-state index >= 15 is 0 Å². The van der Waals surface area contributed by atoms with Crippen molar-refractivity contribution in [3.8, 4) is 0 Å². The largest absolute Gasteiger partial charge is 0.352 e. The number of thiophene rings is 1. The number of nitrogens with zero attached hydrogens (tertiary/aromatic N) is 5. The van der Waals surface area contributed by atoms with E-state index in [1.165, 1.54) is 35.1 Å². The van der Waals surface area contributed by atoms with Crippen LogP contribution in [-0.2, 0) is 17.6 Å². The lowest BCUT2D eigenvalue weighted by atomic mass is 9.97. The highest BCUT2D eigenvalue weighted by Crippen LogP contribution is 2.39. The molecule has 3 heterocycles. The fourth-order valence-corrected chi connectivity index (χ4v) is 5.44. The number of aromatic nitrogens is 2. The molecule has 2 aromatic heterocycles. The number of amides is 1. The van der Waals surface area contributed by atoms with Crippen LogP contribution >= 0.6 is 11.3 Å². The number of aryl methyl sites for hydroxylation is 2. The summed E-state index contributed by atoms with van der Waals surface area (Å²) in [4.78, 5) is 31.0. The Morgan fingerprint density at radius 3 is 2.59 bits per heavy atom. The summed E-state index contributed by atoms with van der Waals surface area (Å²) in [5.41, 5.74) is 1.48. The van der Waals surface area contributed by atoms with E-state index < -0.39 is 0 Å². The molecule has 0 spiro atoms. The summed E-state index contributed by atoms with van der Waals surface area (Å²) >= 11 is 1.85. The fourth-order valence-electron chi connectivity index (χ4n) is 4.22. The average Bonchev–Trinajstić information content (AvgIpc) is 3.10. The number of piperazine rings is 1. The van der Waals surface area contributed by atoms with Gasteiger partial charge in [-0.15, -0.1) is 11.3 Å². The summed E-state index contributed by atoms with van der Waals surface area (Å²) in [6, 6.07) is 0. The summed E-state index contributed by atoms with van der Waals surface area (Å²) in [6.07, 6.45) is 6.59. The topological polar surface area (TPSA) is 52.6 Å². The SMILES string of the molecule is CCN(CC)CC(=O)N1CCN(c2ncnc3sc4c(c23)CCCC4)CC1. The van der Waals surface area contributed by atoms with Gasteiger partial charge in [-0.05, 0) is 44.3 Å². The van der Waals surface area contributed by atoms with Crippen molar-refractivity contribution in [3.63, 3.8) is 0 Å². The second-order valence-corrected chi connectivity index (χ2v) is 8.50. The monoisotopic (exact) mass is 387 g/mol. The van der Waals surface area contributed by atoms with Crippen molar-refractivity contribution in [3.05, 3.63) is 16.8 Å². The molecule has 1 amide bonds. The molecule has 4 rings (SSSR count). The van der Waals surface area contributed by atoms with E-state index in [0.717, 1.165) is 56.3 Å². The molecule has 146 valence electrons. The summed E-state index contributed by atoms with van der Waals surface area (Å²) in [5, 5.41) is 1.28. The minimum atomic E-state index is 0.249. The van der Waals surface area contributed by atoms with Gasteiger partial charge >= 0.3 is 0 Å². The van der Waals surface area contributed by atoms with Crippen LogP contribution in [0, 0.1) is 0 Å². The molecule has 2 aliphatic rings. The van der Waals surface area contributed by atoms with E-state index in [1.54, 1.807) is 6.33 Å². The van der Waals surface area contributed by atoms with E-state index in [4.69, 9.17) is 0 Å². The van der Waals surface area contributed by atoms with Crippen LogP contribution in [0.25, 0.3) is 10.2 Å².